The van der Waals surface area contributed by atoms with Gasteiger partial charge in [0.25, 0.3) is 0 Å². The van der Waals surface area contributed by atoms with Crippen molar-refractivity contribution < 1.29 is 36.7 Å². The minimum absolute atomic E-state index is 0.0704. The Labute approximate surface area is 222 Å². The molecule has 0 radical (unpaired) electrons. The van der Waals surface area contributed by atoms with Gasteiger partial charge in [0.15, 0.2) is 0 Å². The lowest BCUT2D eigenvalue weighted by atomic mass is 9.99. The molecule has 0 bridgehead atoms. The molecule has 5 rings (SSSR count). The number of hydrogen-bond donors (Lipinski definition) is 0. The van der Waals surface area contributed by atoms with Gasteiger partial charge in [-0.05, 0) is 59.6 Å². The number of benzene rings is 3. The third kappa shape index (κ3) is 5.40. The van der Waals surface area contributed by atoms with E-state index in [2.05, 4.69) is 10.1 Å². The van der Waals surface area contributed by atoms with Crippen LogP contribution in [0.5, 0.6) is 5.75 Å². The third-order valence-electron chi connectivity index (χ3n) is 6.23. The van der Waals surface area contributed by atoms with Crippen LogP contribution in [0.25, 0.3) is 11.0 Å². The lowest BCUT2D eigenvalue weighted by molar-refractivity contribution is -1.21. The van der Waals surface area contributed by atoms with Crippen molar-refractivity contribution in [3.05, 3.63) is 111 Å². The summed E-state index contributed by atoms with van der Waals surface area (Å²) >= 11 is 0. The summed E-state index contributed by atoms with van der Waals surface area (Å²) in [4.78, 5) is 20.5. The highest BCUT2D eigenvalue weighted by Gasteiger charge is 2.49. The van der Waals surface area contributed by atoms with Crippen molar-refractivity contribution in [2.75, 3.05) is 13.2 Å². The van der Waals surface area contributed by atoms with E-state index in [9.17, 15) is 22.8 Å². The van der Waals surface area contributed by atoms with Gasteiger partial charge in [0.1, 0.15) is 36.6 Å². The Kier molecular flexibility index (Phi) is 7.19. The van der Waals surface area contributed by atoms with E-state index in [4.69, 9.17) is 14.0 Å². The van der Waals surface area contributed by atoms with Crippen LogP contribution in [0.2, 0.25) is 0 Å². The van der Waals surface area contributed by atoms with Crippen molar-refractivity contribution in [1.82, 2.24) is 0 Å². The van der Waals surface area contributed by atoms with E-state index < -0.39 is 25.8 Å². The Balaban J connectivity index is 1.24. The summed E-state index contributed by atoms with van der Waals surface area (Å²) in [5.74, 6) is -0.0196. The van der Waals surface area contributed by atoms with Crippen LogP contribution < -0.4 is 10.4 Å². The largest absolute Gasteiger partial charge is 0.551 e. The summed E-state index contributed by atoms with van der Waals surface area (Å²) in [5, 5.41) is 15.3. The first-order chi connectivity index (χ1) is 18.7. The smallest absolute Gasteiger partial charge is 0.340 e. The second kappa shape index (κ2) is 10.6. The van der Waals surface area contributed by atoms with Crippen LogP contribution >= 0.6 is 0 Å². The molecule has 12 heteroatoms. The number of rotatable bonds is 9. The van der Waals surface area contributed by atoms with E-state index in [1.54, 1.807) is 30.3 Å². The Morgan fingerprint density at radius 3 is 2.54 bits per heavy atom. The van der Waals surface area contributed by atoms with Crippen molar-refractivity contribution in [1.29, 1.82) is 0 Å². The molecule has 1 aliphatic rings. The first-order valence-electron chi connectivity index (χ1n) is 11.9. The van der Waals surface area contributed by atoms with Crippen LogP contribution in [0.3, 0.4) is 0 Å². The van der Waals surface area contributed by atoms with Crippen molar-refractivity contribution in [3.63, 3.8) is 0 Å². The number of oxime groups is 1. The van der Waals surface area contributed by atoms with Gasteiger partial charge >= 0.3 is 11.0 Å². The maximum Gasteiger partial charge on any atom is 0.340 e. The zero-order valence-corrected chi connectivity index (χ0v) is 21.5. The SMILES string of the molecule is Cc1c(Cc2ccc(F)cc2)c(=O)oc2cc(OCCO[N+]3([O-])ON=CC3S(=O)(=O)c3ccccc3)ccc12. The second-order valence-electron chi connectivity index (χ2n) is 8.76. The molecule has 1 aliphatic heterocycles. The molecule has 0 fully saturated rings. The van der Waals surface area contributed by atoms with Gasteiger partial charge in [0.05, 0.1) is 4.90 Å². The number of fused-ring (bicyclic) bond motifs is 1. The third-order valence-corrected chi connectivity index (χ3v) is 8.17. The summed E-state index contributed by atoms with van der Waals surface area (Å²) in [7, 11) is -4.13. The lowest BCUT2D eigenvalue weighted by Gasteiger charge is -2.32. The van der Waals surface area contributed by atoms with Gasteiger partial charge in [-0.25, -0.2) is 17.6 Å². The van der Waals surface area contributed by atoms with Crippen molar-refractivity contribution in [2.45, 2.75) is 23.6 Å². The molecular weight excluding hydrogens is 531 g/mol. The minimum atomic E-state index is -4.13. The number of halogens is 1. The minimum Gasteiger partial charge on any atom is -0.551 e. The van der Waals surface area contributed by atoms with Gasteiger partial charge in [0.2, 0.25) is 9.84 Å². The summed E-state index contributed by atoms with van der Waals surface area (Å²) in [6.07, 6.45) is 1.18. The standard InChI is InChI=1S/C27H23FN2O8S/c1-18-23-12-11-21(16-25(23)37-27(31)24(18)15-19-7-9-20(28)10-8-19)35-13-14-36-30(32)26(17-29-38-30)39(33,34)22-5-3-2-4-6-22/h2-12,16-17,26H,13-15H2,1H3. The molecule has 2 heterocycles. The first kappa shape index (κ1) is 26.5. The van der Waals surface area contributed by atoms with E-state index >= 15 is 0 Å². The number of ether oxygens (including phenoxy) is 1. The quantitative estimate of drug-likeness (QED) is 0.130. The molecule has 3 aromatic carbocycles. The number of hydroxylamine groups is 3. The van der Waals surface area contributed by atoms with Crippen molar-refractivity contribution >= 4 is 27.0 Å². The van der Waals surface area contributed by atoms with Gasteiger partial charge in [-0.1, -0.05) is 30.3 Å². The molecule has 0 saturated heterocycles. The lowest BCUT2D eigenvalue weighted by Crippen LogP contribution is -2.51. The van der Waals surface area contributed by atoms with Gasteiger partial charge < -0.3 is 14.4 Å². The molecule has 0 amide bonds. The van der Waals surface area contributed by atoms with Crippen LogP contribution in [0.15, 0.2) is 92.1 Å². The number of nitrogens with zero attached hydrogens (tertiary/aromatic N) is 2. The number of aryl methyl sites for hydroxylation is 1. The van der Waals surface area contributed by atoms with E-state index in [1.165, 1.54) is 42.5 Å². The van der Waals surface area contributed by atoms with Crippen LogP contribution in [0.4, 0.5) is 4.39 Å². The number of sulfone groups is 1. The van der Waals surface area contributed by atoms with Crippen LogP contribution in [-0.2, 0) is 26.0 Å². The zero-order valence-electron chi connectivity index (χ0n) is 20.7. The molecule has 0 aliphatic carbocycles. The maximum atomic E-state index is 13.2. The number of quaternary nitrogens is 1. The molecule has 39 heavy (non-hydrogen) atoms. The Morgan fingerprint density at radius 1 is 1.05 bits per heavy atom. The average molecular weight is 555 g/mol. The topological polar surface area (TPSA) is 127 Å². The van der Waals surface area contributed by atoms with Crippen LogP contribution in [0.1, 0.15) is 16.7 Å². The monoisotopic (exact) mass is 554 g/mol. The molecule has 0 saturated carbocycles. The van der Waals surface area contributed by atoms with Crippen LogP contribution in [0, 0.1) is 17.9 Å². The number of hydrogen-bond acceptors (Lipinski definition) is 9. The zero-order chi connectivity index (χ0) is 27.6. The van der Waals surface area contributed by atoms with Crippen LogP contribution in [-0.4, -0.2) is 38.2 Å². The van der Waals surface area contributed by atoms with Gasteiger partial charge in [0, 0.05) is 28.4 Å². The fraction of sp³-hybridized carbons (Fsp3) is 0.185. The predicted molar refractivity (Wildman–Crippen MR) is 138 cm³/mol. The van der Waals surface area contributed by atoms with E-state index in [0.717, 1.165) is 17.3 Å². The molecular formula is C27H23FN2O8S. The Bertz CT molecular complexity index is 1690. The summed E-state index contributed by atoms with van der Waals surface area (Å²) in [6, 6.07) is 18.3. The predicted octanol–water partition coefficient (Wildman–Crippen LogP) is 4.19. The second-order valence-corrected chi connectivity index (χ2v) is 10.8. The summed E-state index contributed by atoms with van der Waals surface area (Å²) < 4.78 is 50.1. The average Bonchev–Trinajstić information content (AvgIpc) is 3.33. The molecule has 202 valence electrons. The Morgan fingerprint density at radius 2 is 1.79 bits per heavy atom. The molecule has 1 aromatic heterocycles. The highest BCUT2D eigenvalue weighted by atomic mass is 32.2. The summed E-state index contributed by atoms with van der Waals surface area (Å²) in [6.45, 7) is 1.34. The van der Waals surface area contributed by atoms with Crippen molar-refractivity contribution in [3.8, 4) is 5.75 Å². The van der Waals surface area contributed by atoms with E-state index in [0.29, 0.717) is 28.7 Å². The molecule has 0 N–H and O–H groups in total. The molecule has 2 unspecified atom stereocenters. The van der Waals surface area contributed by atoms with E-state index in [-0.39, 0.29) is 23.9 Å². The van der Waals surface area contributed by atoms with Crippen molar-refractivity contribution in [2.24, 2.45) is 5.16 Å². The first-order valence-corrected chi connectivity index (χ1v) is 13.4. The Hall–Kier alpha value is -4.10. The fourth-order valence-corrected chi connectivity index (χ4v) is 5.63. The fourth-order valence-electron chi connectivity index (χ4n) is 4.17. The molecule has 10 nitrogen and oxygen atoms in total. The highest BCUT2D eigenvalue weighted by Crippen LogP contribution is 2.29. The molecule has 0 spiro atoms. The molecule has 4 aromatic rings. The normalized spacial score (nSPS) is 18.8. The van der Waals surface area contributed by atoms with Gasteiger partial charge in [-0.2, -0.15) is 4.94 Å². The van der Waals surface area contributed by atoms with Gasteiger partial charge in [-0.3, -0.25) is 0 Å². The molecule has 2 atom stereocenters. The van der Waals surface area contributed by atoms with Gasteiger partial charge in [-0.15, -0.1) is 4.84 Å². The van der Waals surface area contributed by atoms with E-state index in [1.807, 2.05) is 6.92 Å². The summed E-state index contributed by atoms with van der Waals surface area (Å²) in [5.41, 5.74) is 1.76. The maximum absolute atomic E-state index is 13.2. The highest BCUT2D eigenvalue weighted by molar-refractivity contribution is 7.92.